The lowest BCUT2D eigenvalue weighted by molar-refractivity contribution is 0.268. The van der Waals surface area contributed by atoms with Gasteiger partial charge in [0, 0.05) is 35.6 Å². The van der Waals surface area contributed by atoms with Crippen LogP contribution in [0, 0.1) is 0 Å². The first-order valence-corrected chi connectivity index (χ1v) is 6.73. The number of benzene rings is 1. The van der Waals surface area contributed by atoms with Gasteiger partial charge in [0.1, 0.15) is 0 Å². The Labute approximate surface area is 119 Å². The van der Waals surface area contributed by atoms with Crippen LogP contribution in [0.25, 0.3) is 0 Å². The molecule has 1 aromatic carbocycles. The van der Waals surface area contributed by atoms with Crippen LogP contribution in [0.3, 0.4) is 0 Å². The minimum Gasteiger partial charge on any atom is -0.398 e. The summed E-state index contributed by atoms with van der Waals surface area (Å²) in [5.74, 6) is 0. The third kappa shape index (κ3) is 3.69. The summed E-state index contributed by atoms with van der Waals surface area (Å²) in [5, 5.41) is 0.722. The van der Waals surface area contributed by atoms with Crippen molar-refractivity contribution in [1.82, 2.24) is 9.88 Å². The first-order valence-electron chi connectivity index (χ1n) is 6.36. The molecule has 0 spiro atoms. The quantitative estimate of drug-likeness (QED) is 0.851. The number of aromatic nitrogens is 1. The largest absolute Gasteiger partial charge is 0.398 e. The van der Waals surface area contributed by atoms with Crippen molar-refractivity contribution >= 4 is 17.3 Å². The van der Waals surface area contributed by atoms with Gasteiger partial charge in [0.25, 0.3) is 0 Å². The maximum absolute atomic E-state index is 6.21. The molecule has 0 atom stereocenters. The maximum Gasteiger partial charge on any atom is 0.0544 e. The molecule has 0 fully saturated rings. The Balaban J connectivity index is 2.11. The van der Waals surface area contributed by atoms with E-state index in [2.05, 4.69) is 16.8 Å². The van der Waals surface area contributed by atoms with E-state index >= 15 is 0 Å². The lowest BCUT2D eigenvalue weighted by atomic mass is 10.1. The fraction of sp³-hybridized carbons (Fsp3) is 0.267. The topological polar surface area (TPSA) is 42.2 Å². The summed E-state index contributed by atoms with van der Waals surface area (Å²) in [6.07, 6.45) is 1.81. The van der Waals surface area contributed by atoms with Gasteiger partial charge in [-0.05, 0) is 30.8 Å². The van der Waals surface area contributed by atoms with Gasteiger partial charge < -0.3 is 5.73 Å². The molecular formula is C15H18ClN3. The molecule has 0 bridgehead atoms. The van der Waals surface area contributed by atoms with Gasteiger partial charge in [-0.1, -0.05) is 30.7 Å². The summed E-state index contributed by atoms with van der Waals surface area (Å²) in [6, 6.07) is 11.6. The number of hydrogen-bond donors (Lipinski definition) is 1. The van der Waals surface area contributed by atoms with Crippen LogP contribution in [0.15, 0.2) is 42.6 Å². The SMILES string of the molecule is CCN(Cc1ccccn1)Cc1c(N)cccc1Cl. The van der Waals surface area contributed by atoms with Crippen LogP contribution in [-0.4, -0.2) is 16.4 Å². The molecule has 2 N–H and O–H groups in total. The van der Waals surface area contributed by atoms with E-state index in [1.807, 2.05) is 42.6 Å². The van der Waals surface area contributed by atoms with E-state index in [0.717, 1.165) is 41.6 Å². The number of pyridine rings is 1. The molecule has 100 valence electrons. The lowest BCUT2D eigenvalue weighted by Gasteiger charge is -2.21. The number of rotatable bonds is 5. The van der Waals surface area contributed by atoms with Crippen LogP contribution in [0.1, 0.15) is 18.2 Å². The van der Waals surface area contributed by atoms with Gasteiger partial charge >= 0.3 is 0 Å². The molecule has 0 radical (unpaired) electrons. The molecule has 4 heteroatoms. The summed E-state index contributed by atoms with van der Waals surface area (Å²) in [7, 11) is 0. The van der Waals surface area contributed by atoms with E-state index < -0.39 is 0 Å². The third-order valence-corrected chi connectivity index (χ3v) is 3.45. The second-order valence-electron chi connectivity index (χ2n) is 4.43. The summed E-state index contributed by atoms with van der Waals surface area (Å²) in [6.45, 7) is 4.57. The van der Waals surface area contributed by atoms with Gasteiger partial charge in [-0.2, -0.15) is 0 Å². The molecule has 19 heavy (non-hydrogen) atoms. The Hall–Kier alpha value is -1.58. The second-order valence-corrected chi connectivity index (χ2v) is 4.84. The number of nitrogen functional groups attached to an aromatic ring is 1. The molecule has 0 amide bonds. The van der Waals surface area contributed by atoms with Crippen LogP contribution in [0.4, 0.5) is 5.69 Å². The van der Waals surface area contributed by atoms with Crippen LogP contribution in [0.5, 0.6) is 0 Å². The Morgan fingerprint density at radius 1 is 1.16 bits per heavy atom. The van der Waals surface area contributed by atoms with Gasteiger partial charge in [-0.25, -0.2) is 0 Å². The zero-order valence-corrected chi connectivity index (χ0v) is 11.8. The summed E-state index contributed by atoms with van der Waals surface area (Å²) >= 11 is 6.21. The highest BCUT2D eigenvalue weighted by Gasteiger charge is 2.10. The summed E-state index contributed by atoms with van der Waals surface area (Å²) < 4.78 is 0. The maximum atomic E-state index is 6.21. The molecule has 0 saturated heterocycles. The van der Waals surface area contributed by atoms with E-state index in [0.29, 0.717) is 0 Å². The van der Waals surface area contributed by atoms with Gasteiger partial charge in [0.15, 0.2) is 0 Å². The van der Waals surface area contributed by atoms with E-state index in [1.165, 1.54) is 0 Å². The molecule has 0 unspecified atom stereocenters. The second kappa shape index (κ2) is 6.55. The fourth-order valence-corrected chi connectivity index (χ4v) is 2.21. The highest BCUT2D eigenvalue weighted by Crippen LogP contribution is 2.24. The molecule has 0 aliphatic carbocycles. The molecule has 0 aliphatic rings. The molecule has 1 heterocycles. The smallest absolute Gasteiger partial charge is 0.0544 e. The van der Waals surface area contributed by atoms with E-state index in [-0.39, 0.29) is 0 Å². The van der Waals surface area contributed by atoms with Crippen molar-refractivity contribution in [3.63, 3.8) is 0 Å². The van der Waals surface area contributed by atoms with Gasteiger partial charge in [0.05, 0.1) is 5.69 Å². The van der Waals surface area contributed by atoms with Gasteiger partial charge in [-0.3, -0.25) is 9.88 Å². The van der Waals surface area contributed by atoms with Crippen molar-refractivity contribution in [2.75, 3.05) is 12.3 Å². The molecule has 2 aromatic rings. The number of nitrogens with two attached hydrogens (primary N) is 1. The monoisotopic (exact) mass is 275 g/mol. The van der Waals surface area contributed by atoms with Crippen LogP contribution in [0.2, 0.25) is 5.02 Å². The average Bonchev–Trinajstić information content (AvgIpc) is 2.43. The van der Waals surface area contributed by atoms with Crippen LogP contribution in [-0.2, 0) is 13.1 Å². The average molecular weight is 276 g/mol. The highest BCUT2D eigenvalue weighted by molar-refractivity contribution is 6.31. The molecule has 0 aliphatic heterocycles. The molecule has 1 aromatic heterocycles. The minimum absolute atomic E-state index is 0.722. The van der Waals surface area contributed by atoms with E-state index in [9.17, 15) is 0 Å². The van der Waals surface area contributed by atoms with Crippen molar-refractivity contribution in [3.8, 4) is 0 Å². The van der Waals surface area contributed by atoms with Crippen molar-refractivity contribution in [2.24, 2.45) is 0 Å². The predicted molar refractivity (Wildman–Crippen MR) is 79.9 cm³/mol. The lowest BCUT2D eigenvalue weighted by Crippen LogP contribution is -2.23. The van der Waals surface area contributed by atoms with Crippen molar-refractivity contribution in [1.29, 1.82) is 0 Å². The Morgan fingerprint density at radius 2 is 2.00 bits per heavy atom. The standard InChI is InChI=1S/C15H18ClN3/c1-2-19(10-12-6-3-4-9-18-12)11-13-14(16)7-5-8-15(13)17/h3-9H,2,10-11,17H2,1H3. The molecule has 3 nitrogen and oxygen atoms in total. The van der Waals surface area contributed by atoms with E-state index in [4.69, 9.17) is 17.3 Å². The first kappa shape index (κ1) is 13.8. The van der Waals surface area contributed by atoms with Crippen molar-refractivity contribution in [3.05, 3.63) is 58.9 Å². The molecular weight excluding hydrogens is 258 g/mol. The molecule has 2 rings (SSSR count). The Bertz CT molecular complexity index is 508. The van der Waals surface area contributed by atoms with Crippen molar-refractivity contribution in [2.45, 2.75) is 20.0 Å². The van der Waals surface area contributed by atoms with Crippen LogP contribution >= 0.6 is 11.6 Å². The number of nitrogens with zero attached hydrogens (tertiary/aromatic N) is 2. The zero-order chi connectivity index (χ0) is 13.7. The Kier molecular flexibility index (Phi) is 4.77. The summed E-state index contributed by atoms with van der Waals surface area (Å²) in [4.78, 5) is 6.61. The van der Waals surface area contributed by atoms with E-state index in [1.54, 1.807) is 0 Å². The van der Waals surface area contributed by atoms with Crippen LogP contribution < -0.4 is 5.73 Å². The number of hydrogen-bond acceptors (Lipinski definition) is 3. The van der Waals surface area contributed by atoms with Crippen molar-refractivity contribution < 1.29 is 0 Å². The third-order valence-electron chi connectivity index (χ3n) is 3.10. The molecule has 0 saturated carbocycles. The van der Waals surface area contributed by atoms with Gasteiger partial charge in [-0.15, -0.1) is 0 Å². The zero-order valence-electron chi connectivity index (χ0n) is 11.0. The number of anilines is 1. The highest BCUT2D eigenvalue weighted by atomic mass is 35.5. The normalized spacial score (nSPS) is 10.9. The predicted octanol–water partition coefficient (Wildman–Crippen LogP) is 3.34. The summed E-state index contributed by atoms with van der Waals surface area (Å²) in [5.41, 5.74) is 8.77. The fourth-order valence-electron chi connectivity index (χ4n) is 1.97. The Morgan fingerprint density at radius 3 is 2.63 bits per heavy atom. The minimum atomic E-state index is 0.722. The van der Waals surface area contributed by atoms with Gasteiger partial charge in [0.2, 0.25) is 0 Å². The first-order chi connectivity index (χ1) is 9.20. The number of halogens is 1.